The van der Waals surface area contributed by atoms with Crippen LogP contribution in [0.1, 0.15) is 43.2 Å². The number of hydrogen-bond acceptors (Lipinski definition) is 4. The Kier molecular flexibility index (Phi) is 6.74. The Balaban J connectivity index is 1.58. The third-order valence-electron chi connectivity index (χ3n) is 5.21. The predicted molar refractivity (Wildman–Crippen MR) is 108 cm³/mol. The first-order chi connectivity index (χ1) is 13.6. The fourth-order valence-corrected chi connectivity index (χ4v) is 3.61. The molecular weight excluding hydrogens is 356 g/mol. The number of allylic oxidation sites excluding steroid dienone is 1. The van der Waals surface area contributed by atoms with Crippen molar-refractivity contribution in [1.82, 2.24) is 10.2 Å². The zero-order valence-corrected chi connectivity index (χ0v) is 16.6. The van der Waals surface area contributed by atoms with Crippen LogP contribution < -0.4 is 14.8 Å². The second-order valence-corrected chi connectivity index (χ2v) is 7.13. The van der Waals surface area contributed by atoms with Crippen molar-refractivity contribution in [2.24, 2.45) is 0 Å². The van der Waals surface area contributed by atoms with Crippen LogP contribution in [0.2, 0.25) is 0 Å². The molecule has 0 bridgehead atoms. The van der Waals surface area contributed by atoms with Gasteiger partial charge in [0.2, 0.25) is 11.8 Å². The highest BCUT2D eigenvalue weighted by Crippen LogP contribution is 2.32. The maximum Gasteiger partial charge on any atom is 0.240 e. The van der Waals surface area contributed by atoms with Gasteiger partial charge in [-0.2, -0.15) is 0 Å². The van der Waals surface area contributed by atoms with Crippen molar-refractivity contribution >= 4 is 17.9 Å². The summed E-state index contributed by atoms with van der Waals surface area (Å²) in [6.07, 6.45) is 11.7. The topological polar surface area (TPSA) is 67.9 Å². The van der Waals surface area contributed by atoms with E-state index in [1.165, 1.54) is 23.3 Å². The summed E-state index contributed by atoms with van der Waals surface area (Å²) in [4.78, 5) is 26.4. The summed E-state index contributed by atoms with van der Waals surface area (Å²) in [5.41, 5.74) is 3.17. The van der Waals surface area contributed by atoms with Gasteiger partial charge in [0, 0.05) is 12.7 Å². The highest BCUT2D eigenvalue weighted by Gasteiger charge is 2.21. The third-order valence-corrected chi connectivity index (χ3v) is 5.21. The molecule has 1 aromatic carbocycles. The molecule has 1 aliphatic heterocycles. The molecule has 0 radical (unpaired) electrons. The van der Waals surface area contributed by atoms with Crippen LogP contribution >= 0.6 is 0 Å². The highest BCUT2D eigenvalue weighted by atomic mass is 16.5. The lowest BCUT2D eigenvalue weighted by molar-refractivity contribution is -0.132. The van der Waals surface area contributed by atoms with Crippen molar-refractivity contribution in [3.05, 3.63) is 41.1 Å². The van der Waals surface area contributed by atoms with E-state index >= 15 is 0 Å². The fraction of sp³-hybridized carbons (Fsp3) is 0.455. The van der Waals surface area contributed by atoms with E-state index in [1.54, 1.807) is 20.4 Å². The standard InChI is InChI=1S/C22H28N2O4/c1-27-19-12-17-9-11-24(22(26)14-18(17)13-20(19)28-2)15-21(25)23-10-8-16-6-4-3-5-7-16/h6,9,11-13H,3-5,7-8,10,14-15H2,1-2H3,(H,23,25). The van der Waals surface area contributed by atoms with E-state index in [2.05, 4.69) is 11.4 Å². The van der Waals surface area contributed by atoms with Gasteiger partial charge in [0.25, 0.3) is 0 Å². The number of hydrogen-bond donors (Lipinski definition) is 1. The minimum absolute atomic E-state index is 0.0244. The number of carbonyl (C=O) groups excluding carboxylic acids is 2. The molecule has 1 N–H and O–H groups in total. The molecule has 28 heavy (non-hydrogen) atoms. The first kappa shape index (κ1) is 20.0. The van der Waals surface area contributed by atoms with Gasteiger partial charge in [-0.1, -0.05) is 11.6 Å². The van der Waals surface area contributed by atoms with Crippen LogP contribution in [0.25, 0.3) is 6.08 Å². The molecule has 1 aromatic rings. The number of methoxy groups -OCH3 is 2. The second kappa shape index (κ2) is 9.44. The number of rotatable bonds is 7. The van der Waals surface area contributed by atoms with Crippen molar-refractivity contribution in [1.29, 1.82) is 0 Å². The highest BCUT2D eigenvalue weighted by molar-refractivity contribution is 5.89. The van der Waals surface area contributed by atoms with Crippen LogP contribution in [0.3, 0.4) is 0 Å². The Hall–Kier alpha value is -2.76. The zero-order valence-electron chi connectivity index (χ0n) is 16.6. The van der Waals surface area contributed by atoms with Crippen LogP contribution in [-0.2, 0) is 16.0 Å². The number of nitrogens with zero attached hydrogens (tertiary/aromatic N) is 1. The van der Waals surface area contributed by atoms with Gasteiger partial charge in [0.05, 0.1) is 20.6 Å². The largest absolute Gasteiger partial charge is 0.493 e. The Morgan fingerprint density at radius 3 is 2.68 bits per heavy atom. The molecule has 2 amide bonds. The molecule has 0 spiro atoms. The number of nitrogens with one attached hydrogen (secondary N) is 1. The first-order valence-electron chi connectivity index (χ1n) is 9.78. The number of amides is 2. The lowest BCUT2D eigenvalue weighted by Crippen LogP contribution is -2.38. The van der Waals surface area contributed by atoms with Crippen LogP contribution in [-0.4, -0.2) is 44.0 Å². The maximum absolute atomic E-state index is 12.6. The Bertz CT molecular complexity index is 798. The summed E-state index contributed by atoms with van der Waals surface area (Å²) in [5.74, 6) is 0.940. The second-order valence-electron chi connectivity index (χ2n) is 7.13. The van der Waals surface area contributed by atoms with Gasteiger partial charge in [-0.15, -0.1) is 0 Å². The molecule has 0 atom stereocenters. The smallest absolute Gasteiger partial charge is 0.240 e. The van der Waals surface area contributed by atoms with Gasteiger partial charge in [0.1, 0.15) is 6.54 Å². The molecule has 6 heteroatoms. The third kappa shape index (κ3) is 4.94. The van der Waals surface area contributed by atoms with E-state index in [0.29, 0.717) is 18.0 Å². The molecule has 150 valence electrons. The van der Waals surface area contributed by atoms with Crippen LogP contribution in [0, 0.1) is 0 Å². The van der Waals surface area contributed by atoms with Crippen molar-refractivity contribution in [2.75, 3.05) is 27.3 Å². The van der Waals surface area contributed by atoms with E-state index < -0.39 is 0 Å². The molecule has 0 saturated carbocycles. The van der Waals surface area contributed by atoms with Crippen molar-refractivity contribution < 1.29 is 19.1 Å². The van der Waals surface area contributed by atoms with Crippen LogP contribution in [0.4, 0.5) is 0 Å². The first-order valence-corrected chi connectivity index (χ1v) is 9.78. The molecule has 1 heterocycles. The summed E-state index contributed by atoms with van der Waals surface area (Å²) in [6.45, 7) is 0.641. The molecule has 0 saturated heterocycles. The molecule has 0 aromatic heterocycles. The normalized spacial score (nSPS) is 16.1. The molecule has 1 aliphatic carbocycles. The van der Waals surface area contributed by atoms with Crippen molar-refractivity contribution in [3.8, 4) is 11.5 Å². The van der Waals surface area contributed by atoms with Crippen molar-refractivity contribution in [3.63, 3.8) is 0 Å². The summed E-state index contributed by atoms with van der Waals surface area (Å²) in [6, 6.07) is 3.66. The summed E-state index contributed by atoms with van der Waals surface area (Å²) < 4.78 is 10.7. The Labute approximate surface area is 166 Å². The number of ether oxygens (including phenoxy) is 2. The minimum atomic E-state index is -0.143. The van der Waals surface area contributed by atoms with E-state index in [4.69, 9.17) is 9.47 Å². The molecule has 0 unspecified atom stereocenters. The maximum atomic E-state index is 12.6. The van der Waals surface area contributed by atoms with Gasteiger partial charge < -0.3 is 19.7 Å². The van der Waals surface area contributed by atoms with Gasteiger partial charge in [-0.25, -0.2) is 0 Å². The van der Waals surface area contributed by atoms with Crippen molar-refractivity contribution in [2.45, 2.75) is 38.5 Å². The lowest BCUT2D eigenvalue weighted by Gasteiger charge is -2.17. The zero-order chi connectivity index (χ0) is 19.9. The SMILES string of the molecule is COc1cc2c(cc1OC)CC(=O)N(CC(=O)NCCC1=CCCCC1)C=C2. The van der Waals surface area contributed by atoms with Gasteiger partial charge in [0.15, 0.2) is 11.5 Å². The summed E-state index contributed by atoms with van der Waals surface area (Å²) in [7, 11) is 3.15. The average molecular weight is 384 g/mol. The number of fused-ring (bicyclic) bond motifs is 1. The molecule has 2 aliphatic rings. The quantitative estimate of drug-likeness (QED) is 0.734. The fourth-order valence-electron chi connectivity index (χ4n) is 3.61. The van der Waals surface area contributed by atoms with Crippen LogP contribution in [0.15, 0.2) is 30.0 Å². The predicted octanol–water partition coefficient (Wildman–Crippen LogP) is 3.07. The molecule has 3 rings (SSSR count). The van der Waals surface area contributed by atoms with Gasteiger partial charge >= 0.3 is 0 Å². The van der Waals surface area contributed by atoms with E-state index in [9.17, 15) is 9.59 Å². The van der Waals surface area contributed by atoms with Gasteiger partial charge in [-0.3, -0.25) is 9.59 Å². The minimum Gasteiger partial charge on any atom is -0.493 e. The molecule has 0 fully saturated rings. The summed E-state index contributed by atoms with van der Waals surface area (Å²) in [5, 5.41) is 2.93. The molecule has 6 nitrogen and oxygen atoms in total. The monoisotopic (exact) mass is 384 g/mol. The Morgan fingerprint density at radius 2 is 1.96 bits per heavy atom. The summed E-state index contributed by atoms with van der Waals surface area (Å²) >= 11 is 0. The van der Waals surface area contributed by atoms with E-state index in [-0.39, 0.29) is 24.8 Å². The average Bonchev–Trinajstić information content (AvgIpc) is 2.86. The molecular formula is C22H28N2O4. The van der Waals surface area contributed by atoms with Gasteiger partial charge in [-0.05, 0) is 61.4 Å². The van der Waals surface area contributed by atoms with E-state index in [1.807, 2.05) is 18.2 Å². The Morgan fingerprint density at radius 1 is 1.18 bits per heavy atom. The van der Waals surface area contributed by atoms with Crippen LogP contribution in [0.5, 0.6) is 11.5 Å². The number of benzene rings is 1. The van der Waals surface area contributed by atoms with E-state index in [0.717, 1.165) is 30.4 Å². The lowest BCUT2D eigenvalue weighted by atomic mass is 9.97. The number of carbonyl (C=O) groups is 2.